The monoisotopic (exact) mass is 246 g/mol. The third-order valence-electron chi connectivity index (χ3n) is 3.04. The van der Waals surface area contributed by atoms with Crippen molar-refractivity contribution in [3.63, 3.8) is 0 Å². The van der Waals surface area contributed by atoms with Crippen molar-refractivity contribution in [1.82, 2.24) is 5.32 Å². The van der Waals surface area contributed by atoms with Gasteiger partial charge < -0.3 is 10.2 Å². The Morgan fingerprint density at radius 2 is 1.83 bits per heavy atom. The summed E-state index contributed by atoms with van der Waals surface area (Å²) in [6, 6.07) is 7.76. The standard InChI is InChI=1S/C14H18N2O2/c1-14(2,3)10-6-4-5-7-11(10)16-9-12(17)15-8-13(16)18/h4-7H,8-9H2,1-3H3,(H,15,17). The van der Waals surface area contributed by atoms with Crippen LogP contribution in [0.1, 0.15) is 26.3 Å². The fourth-order valence-electron chi connectivity index (χ4n) is 2.12. The molecule has 1 saturated heterocycles. The van der Waals surface area contributed by atoms with E-state index in [2.05, 4.69) is 26.1 Å². The average molecular weight is 246 g/mol. The molecule has 1 aliphatic heterocycles. The Balaban J connectivity index is 2.44. The summed E-state index contributed by atoms with van der Waals surface area (Å²) < 4.78 is 0. The van der Waals surface area contributed by atoms with Gasteiger partial charge in [-0.15, -0.1) is 0 Å². The Morgan fingerprint density at radius 3 is 2.50 bits per heavy atom. The molecule has 0 atom stereocenters. The van der Waals surface area contributed by atoms with Crippen LogP contribution in [0.5, 0.6) is 0 Å². The third kappa shape index (κ3) is 2.37. The molecule has 1 aliphatic rings. The van der Waals surface area contributed by atoms with Crippen LogP contribution in [0.4, 0.5) is 5.69 Å². The van der Waals surface area contributed by atoms with E-state index in [1.165, 1.54) is 0 Å². The number of hydrogen-bond acceptors (Lipinski definition) is 2. The highest BCUT2D eigenvalue weighted by Crippen LogP contribution is 2.32. The van der Waals surface area contributed by atoms with E-state index >= 15 is 0 Å². The Labute approximate surface area is 107 Å². The van der Waals surface area contributed by atoms with E-state index in [1.807, 2.05) is 24.3 Å². The number of carbonyl (C=O) groups is 2. The zero-order chi connectivity index (χ0) is 13.3. The van der Waals surface area contributed by atoms with Crippen molar-refractivity contribution in [1.29, 1.82) is 0 Å². The molecule has 4 heteroatoms. The quantitative estimate of drug-likeness (QED) is 0.815. The van der Waals surface area contributed by atoms with E-state index in [0.717, 1.165) is 11.3 Å². The van der Waals surface area contributed by atoms with E-state index in [9.17, 15) is 9.59 Å². The maximum Gasteiger partial charge on any atom is 0.246 e. The molecule has 96 valence electrons. The number of anilines is 1. The highest BCUT2D eigenvalue weighted by atomic mass is 16.2. The molecule has 0 aromatic heterocycles. The van der Waals surface area contributed by atoms with E-state index in [0.29, 0.717) is 0 Å². The molecule has 1 fully saturated rings. The van der Waals surface area contributed by atoms with Crippen molar-refractivity contribution >= 4 is 17.5 Å². The number of hydrogen-bond donors (Lipinski definition) is 1. The largest absolute Gasteiger partial charge is 0.345 e. The second-order valence-corrected chi connectivity index (χ2v) is 5.52. The van der Waals surface area contributed by atoms with Crippen LogP contribution < -0.4 is 10.2 Å². The Kier molecular flexibility index (Phi) is 3.11. The van der Waals surface area contributed by atoms with Crippen LogP contribution in [-0.4, -0.2) is 24.9 Å². The van der Waals surface area contributed by atoms with Crippen molar-refractivity contribution in [2.24, 2.45) is 0 Å². The zero-order valence-electron chi connectivity index (χ0n) is 11.0. The number of amides is 2. The fourth-order valence-corrected chi connectivity index (χ4v) is 2.12. The van der Waals surface area contributed by atoms with Crippen LogP contribution in [-0.2, 0) is 15.0 Å². The number of rotatable bonds is 1. The Hall–Kier alpha value is -1.84. The van der Waals surface area contributed by atoms with Gasteiger partial charge in [-0.25, -0.2) is 0 Å². The lowest BCUT2D eigenvalue weighted by molar-refractivity contribution is -0.128. The van der Waals surface area contributed by atoms with Crippen molar-refractivity contribution in [2.45, 2.75) is 26.2 Å². The predicted octanol–water partition coefficient (Wildman–Crippen LogP) is 1.45. The molecule has 2 amide bonds. The van der Waals surface area contributed by atoms with Gasteiger partial charge in [-0.1, -0.05) is 39.0 Å². The molecule has 0 bridgehead atoms. The number of para-hydroxylation sites is 1. The predicted molar refractivity (Wildman–Crippen MR) is 70.5 cm³/mol. The first-order chi connectivity index (χ1) is 8.39. The molecule has 2 rings (SSSR count). The van der Waals surface area contributed by atoms with Gasteiger partial charge in [-0.05, 0) is 17.0 Å². The Morgan fingerprint density at radius 1 is 1.17 bits per heavy atom. The van der Waals surface area contributed by atoms with Crippen LogP contribution in [0.3, 0.4) is 0 Å². The maximum atomic E-state index is 11.9. The molecule has 0 aliphatic carbocycles. The molecule has 0 unspecified atom stereocenters. The van der Waals surface area contributed by atoms with E-state index in [-0.39, 0.29) is 30.3 Å². The van der Waals surface area contributed by atoms with Gasteiger partial charge in [0.1, 0.15) is 6.54 Å². The van der Waals surface area contributed by atoms with Crippen LogP contribution in [0, 0.1) is 0 Å². The van der Waals surface area contributed by atoms with Crippen LogP contribution in [0.2, 0.25) is 0 Å². The van der Waals surface area contributed by atoms with Gasteiger partial charge in [0, 0.05) is 5.69 Å². The van der Waals surface area contributed by atoms with Crippen LogP contribution in [0.25, 0.3) is 0 Å². The molecule has 18 heavy (non-hydrogen) atoms. The van der Waals surface area contributed by atoms with Crippen molar-refractivity contribution in [2.75, 3.05) is 18.0 Å². The molecule has 0 spiro atoms. The summed E-state index contributed by atoms with van der Waals surface area (Å²) in [6.45, 7) is 6.48. The van der Waals surface area contributed by atoms with Crippen LogP contribution >= 0.6 is 0 Å². The second-order valence-electron chi connectivity index (χ2n) is 5.52. The first kappa shape index (κ1) is 12.6. The lowest BCUT2D eigenvalue weighted by Gasteiger charge is -2.32. The van der Waals surface area contributed by atoms with Gasteiger partial charge in [-0.2, -0.15) is 0 Å². The van der Waals surface area contributed by atoms with Crippen molar-refractivity contribution < 1.29 is 9.59 Å². The number of carbonyl (C=O) groups excluding carboxylic acids is 2. The summed E-state index contributed by atoms with van der Waals surface area (Å²) in [7, 11) is 0. The van der Waals surface area contributed by atoms with Gasteiger partial charge in [-0.3, -0.25) is 9.59 Å². The minimum Gasteiger partial charge on any atom is -0.345 e. The average Bonchev–Trinajstić information content (AvgIpc) is 2.31. The van der Waals surface area contributed by atoms with Gasteiger partial charge >= 0.3 is 0 Å². The van der Waals surface area contributed by atoms with E-state index in [4.69, 9.17) is 0 Å². The van der Waals surface area contributed by atoms with Gasteiger partial charge in [0.05, 0.1) is 6.54 Å². The lowest BCUT2D eigenvalue weighted by Crippen LogP contribution is -2.52. The number of nitrogens with one attached hydrogen (secondary N) is 1. The number of benzene rings is 1. The summed E-state index contributed by atoms with van der Waals surface area (Å²) >= 11 is 0. The minimum atomic E-state index is -0.113. The summed E-state index contributed by atoms with van der Waals surface area (Å²) in [5.74, 6) is -0.176. The smallest absolute Gasteiger partial charge is 0.246 e. The van der Waals surface area contributed by atoms with Gasteiger partial charge in [0.15, 0.2) is 0 Å². The molecule has 1 aromatic rings. The minimum absolute atomic E-state index is 0.0636. The molecule has 1 aromatic carbocycles. The Bertz CT molecular complexity index is 489. The lowest BCUT2D eigenvalue weighted by atomic mass is 9.85. The molecule has 4 nitrogen and oxygen atoms in total. The first-order valence-corrected chi connectivity index (χ1v) is 6.06. The number of nitrogens with zero attached hydrogens (tertiary/aromatic N) is 1. The molecular formula is C14H18N2O2. The normalized spacial score (nSPS) is 16.7. The highest BCUT2D eigenvalue weighted by molar-refractivity contribution is 6.05. The summed E-state index contributed by atoms with van der Waals surface area (Å²) in [4.78, 5) is 24.9. The summed E-state index contributed by atoms with van der Waals surface area (Å²) in [5, 5.41) is 2.56. The molecule has 1 heterocycles. The topological polar surface area (TPSA) is 49.4 Å². The molecule has 1 N–H and O–H groups in total. The number of piperazine rings is 1. The third-order valence-corrected chi connectivity index (χ3v) is 3.04. The fraction of sp³-hybridized carbons (Fsp3) is 0.429. The molecule has 0 radical (unpaired) electrons. The van der Waals surface area contributed by atoms with E-state index in [1.54, 1.807) is 4.90 Å². The second kappa shape index (κ2) is 4.44. The molecule has 0 saturated carbocycles. The zero-order valence-corrected chi connectivity index (χ0v) is 11.0. The van der Waals surface area contributed by atoms with Gasteiger partial charge in [0.2, 0.25) is 11.8 Å². The maximum absolute atomic E-state index is 11.9. The highest BCUT2D eigenvalue weighted by Gasteiger charge is 2.28. The summed E-state index contributed by atoms with van der Waals surface area (Å²) in [5.41, 5.74) is 1.85. The van der Waals surface area contributed by atoms with Gasteiger partial charge in [0.25, 0.3) is 0 Å². The first-order valence-electron chi connectivity index (χ1n) is 6.06. The SMILES string of the molecule is CC(C)(C)c1ccccc1N1CC(=O)NCC1=O. The van der Waals surface area contributed by atoms with Crippen LogP contribution in [0.15, 0.2) is 24.3 Å². The summed E-state index contributed by atoms with van der Waals surface area (Å²) in [6.07, 6.45) is 0. The van der Waals surface area contributed by atoms with Crippen molar-refractivity contribution in [3.8, 4) is 0 Å². The van der Waals surface area contributed by atoms with E-state index < -0.39 is 0 Å². The van der Waals surface area contributed by atoms with Crippen molar-refractivity contribution in [3.05, 3.63) is 29.8 Å². The molecular weight excluding hydrogens is 228 g/mol.